The monoisotopic (exact) mass is 369 g/mol. The minimum absolute atomic E-state index is 0.00766. The number of thiazole rings is 1. The van der Waals surface area contributed by atoms with Gasteiger partial charge in [-0.05, 0) is 39.8 Å². The Labute approximate surface area is 152 Å². The number of aromatic nitrogens is 1. The molecule has 1 aromatic heterocycles. The topological polar surface area (TPSA) is 74.5 Å². The lowest BCUT2D eigenvalue weighted by atomic mass is 10.3. The van der Waals surface area contributed by atoms with E-state index in [-0.39, 0.29) is 5.50 Å². The fraction of sp³-hybridized carbons (Fsp3) is 0.625. The summed E-state index contributed by atoms with van der Waals surface area (Å²) in [5, 5.41) is 6.57. The second-order valence-corrected chi connectivity index (χ2v) is 7.77. The Bertz CT molecular complexity index is 569. The van der Waals surface area contributed by atoms with E-state index in [1.807, 2.05) is 7.05 Å². The molecule has 0 spiro atoms. The molecule has 1 fully saturated rings. The van der Waals surface area contributed by atoms with Crippen LogP contribution in [0.2, 0.25) is 0 Å². The molecule has 134 valence electrons. The molecular weight excluding hydrogens is 342 g/mol. The first-order valence-electron chi connectivity index (χ1n) is 8.24. The van der Waals surface area contributed by atoms with Crippen molar-refractivity contribution < 1.29 is 4.79 Å². The molecule has 24 heavy (non-hydrogen) atoms. The van der Waals surface area contributed by atoms with Crippen LogP contribution in [0, 0.1) is 0 Å². The lowest BCUT2D eigenvalue weighted by Crippen LogP contribution is -2.30. The summed E-state index contributed by atoms with van der Waals surface area (Å²) in [7, 11) is 2.03. The van der Waals surface area contributed by atoms with Crippen molar-refractivity contribution in [2.45, 2.75) is 32.2 Å². The van der Waals surface area contributed by atoms with Gasteiger partial charge in [-0.15, -0.1) is 11.3 Å². The third kappa shape index (κ3) is 4.95. The smallest absolute Gasteiger partial charge is 0.183 e. The molecule has 2 aliphatic rings. The maximum Gasteiger partial charge on any atom is 0.183 e. The number of hydrogen-bond donors (Lipinski definition) is 2. The Kier molecular flexibility index (Phi) is 7.54. The number of aldehydes is 1. The Hall–Kier alpha value is -1.09. The van der Waals surface area contributed by atoms with Crippen molar-refractivity contribution in [2.75, 3.05) is 38.5 Å². The molecule has 0 saturated carbocycles. The highest BCUT2D eigenvalue weighted by molar-refractivity contribution is 8.09. The number of nitrogens with two attached hydrogens (primary N) is 1. The van der Waals surface area contributed by atoms with Crippen LogP contribution in [0.4, 0.5) is 5.13 Å². The maximum absolute atomic E-state index is 8.81. The molecule has 8 heteroatoms. The largest absolute Gasteiger partial charge is 0.360 e. The summed E-state index contributed by atoms with van der Waals surface area (Å²) in [4.78, 5) is 19.3. The van der Waals surface area contributed by atoms with Gasteiger partial charge < -0.3 is 25.6 Å². The highest BCUT2D eigenvalue weighted by Crippen LogP contribution is 2.41. The van der Waals surface area contributed by atoms with E-state index < -0.39 is 0 Å². The first-order valence-corrected chi connectivity index (χ1v) is 10.0. The number of anilines is 1. The number of thioether (sulfide) groups is 1. The molecule has 1 aromatic rings. The van der Waals surface area contributed by atoms with E-state index in [0.717, 1.165) is 30.2 Å². The standard InChI is InChI=1S/C14H23N5S2.C2H4O/c1-10-12(21-13(15)18(10)2)11-9-20-14(17-11)16-5-8-19-6-3-4-7-19;1-2-3/h9,13H,3-8,15H2,1-2H3,(H,16,17);2H,1H3. The first-order chi connectivity index (χ1) is 11.6. The molecule has 1 saturated heterocycles. The van der Waals surface area contributed by atoms with E-state index in [9.17, 15) is 0 Å². The van der Waals surface area contributed by atoms with Gasteiger partial charge in [-0.2, -0.15) is 0 Å². The molecule has 6 nitrogen and oxygen atoms in total. The fourth-order valence-electron chi connectivity index (χ4n) is 2.67. The SMILES string of the molecule is CC1=C(c2csc(NCCN3CCCC3)n2)SC(N)N1C.CC=O. The van der Waals surface area contributed by atoms with E-state index >= 15 is 0 Å². The number of nitrogens with zero attached hydrogens (tertiary/aromatic N) is 3. The summed E-state index contributed by atoms with van der Waals surface area (Å²) >= 11 is 3.36. The molecule has 3 heterocycles. The number of rotatable bonds is 5. The van der Waals surface area contributed by atoms with Crippen LogP contribution in [0.3, 0.4) is 0 Å². The van der Waals surface area contributed by atoms with Crippen LogP contribution in [0.5, 0.6) is 0 Å². The van der Waals surface area contributed by atoms with Crippen molar-refractivity contribution in [2.24, 2.45) is 5.73 Å². The summed E-state index contributed by atoms with van der Waals surface area (Å²) in [6.07, 6.45) is 3.44. The zero-order chi connectivity index (χ0) is 17.5. The van der Waals surface area contributed by atoms with Crippen LogP contribution in [0.25, 0.3) is 4.91 Å². The van der Waals surface area contributed by atoms with Gasteiger partial charge in [0.05, 0.1) is 10.6 Å². The molecular formula is C16H27N5OS2. The van der Waals surface area contributed by atoms with Gasteiger partial charge in [-0.3, -0.25) is 0 Å². The highest BCUT2D eigenvalue weighted by Gasteiger charge is 2.26. The molecule has 3 rings (SSSR count). The van der Waals surface area contributed by atoms with Crippen LogP contribution < -0.4 is 11.1 Å². The van der Waals surface area contributed by atoms with Gasteiger partial charge in [-0.25, -0.2) is 4.98 Å². The van der Waals surface area contributed by atoms with Crippen molar-refractivity contribution in [3.8, 4) is 0 Å². The summed E-state index contributed by atoms with van der Waals surface area (Å²) in [6, 6.07) is 0. The summed E-state index contributed by atoms with van der Waals surface area (Å²) in [5.41, 5.74) is 8.32. The summed E-state index contributed by atoms with van der Waals surface area (Å²) in [6.45, 7) is 8.13. The lowest BCUT2D eigenvalue weighted by molar-refractivity contribution is -0.106. The number of hydrogen-bond acceptors (Lipinski definition) is 8. The average Bonchev–Trinajstić information content (AvgIpc) is 3.27. The maximum atomic E-state index is 8.81. The van der Waals surface area contributed by atoms with Crippen LogP contribution in [0.1, 0.15) is 32.4 Å². The van der Waals surface area contributed by atoms with Gasteiger partial charge in [0.15, 0.2) is 5.13 Å². The van der Waals surface area contributed by atoms with Gasteiger partial charge in [0.25, 0.3) is 0 Å². The first kappa shape index (κ1) is 19.2. The zero-order valence-electron chi connectivity index (χ0n) is 14.6. The second-order valence-electron chi connectivity index (χ2n) is 5.78. The van der Waals surface area contributed by atoms with E-state index in [4.69, 9.17) is 15.5 Å². The predicted octanol–water partition coefficient (Wildman–Crippen LogP) is 2.47. The molecule has 0 bridgehead atoms. The minimum atomic E-state index is 0.00766. The lowest BCUT2D eigenvalue weighted by Gasteiger charge is -2.17. The van der Waals surface area contributed by atoms with Crippen LogP contribution >= 0.6 is 23.1 Å². The zero-order valence-corrected chi connectivity index (χ0v) is 16.3. The number of carbonyl (C=O) groups excluding carboxylic acids is 1. The molecule has 0 amide bonds. The molecule has 3 N–H and O–H groups in total. The Morgan fingerprint density at radius 1 is 1.46 bits per heavy atom. The van der Waals surface area contributed by atoms with Gasteiger partial charge in [-0.1, -0.05) is 11.8 Å². The molecule has 0 aliphatic carbocycles. The molecule has 1 atom stereocenters. The predicted molar refractivity (Wildman–Crippen MR) is 104 cm³/mol. The van der Waals surface area contributed by atoms with E-state index in [1.165, 1.54) is 43.5 Å². The van der Waals surface area contributed by atoms with Crippen LogP contribution in [-0.4, -0.2) is 59.8 Å². The summed E-state index contributed by atoms with van der Waals surface area (Å²) in [5.74, 6) is 0. The third-order valence-electron chi connectivity index (χ3n) is 4.12. The normalized spacial score (nSPS) is 21.0. The summed E-state index contributed by atoms with van der Waals surface area (Å²) < 4.78 is 0. The van der Waals surface area contributed by atoms with Gasteiger partial charge >= 0.3 is 0 Å². The fourth-order valence-corrected chi connectivity index (χ4v) is 4.57. The van der Waals surface area contributed by atoms with Crippen LogP contribution in [0.15, 0.2) is 11.1 Å². The van der Waals surface area contributed by atoms with Crippen LogP contribution in [-0.2, 0) is 4.79 Å². The number of likely N-dealkylation sites (tertiary alicyclic amines) is 1. The number of allylic oxidation sites excluding steroid dienone is 1. The van der Waals surface area contributed by atoms with Crippen molar-refractivity contribution >= 4 is 39.4 Å². The quantitative estimate of drug-likeness (QED) is 0.772. The van der Waals surface area contributed by atoms with Crippen molar-refractivity contribution in [3.05, 3.63) is 16.8 Å². The van der Waals surface area contributed by atoms with Crippen molar-refractivity contribution in [1.29, 1.82) is 0 Å². The van der Waals surface area contributed by atoms with E-state index in [1.54, 1.807) is 23.1 Å². The minimum Gasteiger partial charge on any atom is -0.360 e. The molecule has 2 aliphatic heterocycles. The Morgan fingerprint density at radius 2 is 2.12 bits per heavy atom. The highest BCUT2D eigenvalue weighted by atomic mass is 32.2. The molecule has 0 aromatic carbocycles. The van der Waals surface area contributed by atoms with Gasteiger partial charge in [0.1, 0.15) is 11.8 Å². The second kappa shape index (κ2) is 9.41. The third-order valence-corrected chi connectivity index (χ3v) is 6.22. The van der Waals surface area contributed by atoms with Crippen molar-refractivity contribution in [1.82, 2.24) is 14.8 Å². The number of carbonyl (C=O) groups is 1. The Balaban J connectivity index is 0.000000647. The number of nitrogens with one attached hydrogen (secondary N) is 1. The van der Waals surface area contributed by atoms with E-state index in [2.05, 4.69) is 27.4 Å². The van der Waals surface area contributed by atoms with Crippen molar-refractivity contribution in [3.63, 3.8) is 0 Å². The Morgan fingerprint density at radius 3 is 2.71 bits per heavy atom. The van der Waals surface area contributed by atoms with Gasteiger partial charge in [0, 0.05) is 31.2 Å². The molecule has 0 radical (unpaired) electrons. The molecule has 1 unspecified atom stereocenters. The van der Waals surface area contributed by atoms with E-state index in [0.29, 0.717) is 0 Å². The average molecular weight is 370 g/mol. The van der Waals surface area contributed by atoms with Gasteiger partial charge in [0.2, 0.25) is 0 Å².